The van der Waals surface area contributed by atoms with Gasteiger partial charge in [0.25, 0.3) is 5.91 Å². The van der Waals surface area contributed by atoms with Crippen LogP contribution in [0.25, 0.3) is 6.08 Å². The molecular formula is C12H7N5O4S. The molecule has 0 atom stereocenters. The monoisotopic (exact) mass is 317 g/mol. The second kappa shape index (κ2) is 6.42. The summed E-state index contributed by atoms with van der Waals surface area (Å²) in [5, 5.41) is 40.1. The number of nitroso groups, excluding NO2 is 1. The Morgan fingerprint density at radius 2 is 2.23 bits per heavy atom. The first-order valence-corrected chi connectivity index (χ1v) is 6.51. The molecule has 10 heteroatoms. The smallest absolute Gasteiger partial charge is 0.268 e. The molecule has 0 radical (unpaired) electrons. The molecule has 0 fully saturated rings. The maximum Gasteiger partial charge on any atom is 0.268 e. The first kappa shape index (κ1) is 15.1. The second-order valence-corrected chi connectivity index (χ2v) is 4.70. The van der Waals surface area contributed by atoms with Crippen LogP contribution in [0.2, 0.25) is 0 Å². The van der Waals surface area contributed by atoms with Crippen LogP contribution >= 0.6 is 11.3 Å². The first-order chi connectivity index (χ1) is 10.5. The average molecular weight is 317 g/mol. The molecule has 2 aromatic rings. The molecular weight excluding hydrogens is 310 g/mol. The lowest BCUT2D eigenvalue weighted by atomic mass is 10.1. The van der Waals surface area contributed by atoms with Gasteiger partial charge >= 0.3 is 0 Å². The van der Waals surface area contributed by atoms with Crippen LogP contribution in [0.15, 0.2) is 28.4 Å². The normalized spacial score (nSPS) is 10.8. The van der Waals surface area contributed by atoms with Crippen molar-refractivity contribution in [1.82, 2.24) is 10.2 Å². The van der Waals surface area contributed by atoms with E-state index < -0.39 is 23.1 Å². The lowest BCUT2D eigenvalue weighted by Gasteiger charge is -2.03. The zero-order valence-corrected chi connectivity index (χ0v) is 11.5. The predicted octanol–water partition coefficient (Wildman–Crippen LogP) is 1.89. The van der Waals surface area contributed by atoms with Crippen LogP contribution < -0.4 is 5.32 Å². The maximum atomic E-state index is 11.9. The lowest BCUT2D eigenvalue weighted by molar-refractivity contribution is -0.112. The number of nitrogens with zero attached hydrogens (tertiary/aromatic N) is 4. The van der Waals surface area contributed by atoms with Crippen LogP contribution in [0.3, 0.4) is 0 Å². The molecule has 0 spiro atoms. The van der Waals surface area contributed by atoms with E-state index in [1.54, 1.807) is 6.07 Å². The summed E-state index contributed by atoms with van der Waals surface area (Å²) in [6.45, 7) is 0. The van der Waals surface area contributed by atoms with Gasteiger partial charge in [-0.1, -0.05) is 11.3 Å². The van der Waals surface area contributed by atoms with Crippen LogP contribution in [0, 0.1) is 16.2 Å². The largest absolute Gasteiger partial charge is 0.504 e. The summed E-state index contributed by atoms with van der Waals surface area (Å²) < 4.78 is 0. The van der Waals surface area contributed by atoms with Crippen LogP contribution in [0.5, 0.6) is 11.5 Å². The molecule has 0 unspecified atom stereocenters. The topological polar surface area (TPSA) is 149 Å². The van der Waals surface area contributed by atoms with Crippen molar-refractivity contribution in [3.05, 3.63) is 33.7 Å². The van der Waals surface area contributed by atoms with Gasteiger partial charge in [-0.2, -0.15) is 5.26 Å². The summed E-state index contributed by atoms with van der Waals surface area (Å²) in [4.78, 5) is 22.4. The highest BCUT2D eigenvalue weighted by Gasteiger charge is 2.13. The Kier molecular flexibility index (Phi) is 4.40. The molecule has 0 bridgehead atoms. The van der Waals surface area contributed by atoms with Crippen LogP contribution in [-0.2, 0) is 4.79 Å². The number of carbonyl (C=O) groups excluding carboxylic acids is 1. The fourth-order valence-corrected chi connectivity index (χ4v) is 1.93. The van der Waals surface area contributed by atoms with Gasteiger partial charge in [0.05, 0.1) is 0 Å². The molecule has 9 nitrogen and oxygen atoms in total. The third-order valence-electron chi connectivity index (χ3n) is 2.45. The van der Waals surface area contributed by atoms with Gasteiger partial charge in [-0.25, -0.2) is 0 Å². The Hall–Kier alpha value is -3.32. The predicted molar refractivity (Wildman–Crippen MR) is 77.4 cm³/mol. The zero-order chi connectivity index (χ0) is 16.1. The molecule has 3 N–H and O–H groups in total. The van der Waals surface area contributed by atoms with Gasteiger partial charge in [-0.15, -0.1) is 15.1 Å². The van der Waals surface area contributed by atoms with Crippen molar-refractivity contribution in [2.24, 2.45) is 5.18 Å². The van der Waals surface area contributed by atoms with Crippen LogP contribution in [0.4, 0.5) is 10.8 Å². The quantitative estimate of drug-likeness (QED) is 0.337. The van der Waals surface area contributed by atoms with E-state index in [9.17, 15) is 19.9 Å². The molecule has 1 aromatic carbocycles. The third kappa shape index (κ3) is 3.22. The number of anilines is 1. The molecule has 0 aliphatic carbocycles. The number of amides is 1. The Morgan fingerprint density at radius 3 is 2.82 bits per heavy atom. The number of phenolic OH excluding ortho intramolecular Hbond substituents is 2. The van der Waals surface area contributed by atoms with E-state index >= 15 is 0 Å². The van der Waals surface area contributed by atoms with E-state index in [1.807, 2.05) is 0 Å². The number of aromatic hydroxyl groups is 2. The van der Waals surface area contributed by atoms with Gasteiger partial charge in [0.1, 0.15) is 17.2 Å². The second-order valence-electron chi connectivity index (χ2n) is 3.87. The summed E-state index contributed by atoms with van der Waals surface area (Å²) in [7, 11) is 0. The van der Waals surface area contributed by atoms with Gasteiger partial charge in [0, 0.05) is 0 Å². The standard InChI is InChI=1S/C12H7N5O4S/c13-4-7(11(20)15-12-16-14-5-22-12)1-6-2-8(17-21)10(19)9(18)3-6/h1-3,5,18-19H,(H,15,16,20)/b7-1+. The summed E-state index contributed by atoms with van der Waals surface area (Å²) in [5.41, 5.74) is 0.852. The summed E-state index contributed by atoms with van der Waals surface area (Å²) in [5.74, 6) is -2.00. The minimum Gasteiger partial charge on any atom is -0.504 e. The Morgan fingerprint density at radius 1 is 1.45 bits per heavy atom. The van der Waals surface area contributed by atoms with Crippen molar-refractivity contribution in [1.29, 1.82) is 5.26 Å². The van der Waals surface area contributed by atoms with E-state index in [0.29, 0.717) is 0 Å². The molecule has 0 aliphatic rings. The number of rotatable bonds is 4. The number of nitrogens with one attached hydrogen (secondary N) is 1. The van der Waals surface area contributed by atoms with Crippen molar-refractivity contribution in [2.75, 3.05) is 5.32 Å². The number of nitriles is 1. The molecule has 1 aromatic heterocycles. The molecule has 0 saturated heterocycles. The zero-order valence-electron chi connectivity index (χ0n) is 10.7. The Bertz CT molecular complexity index is 795. The van der Waals surface area contributed by atoms with Crippen molar-refractivity contribution < 1.29 is 15.0 Å². The first-order valence-electron chi connectivity index (χ1n) is 5.63. The summed E-state index contributed by atoms with van der Waals surface area (Å²) in [6, 6.07) is 3.89. The highest BCUT2D eigenvalue weighted by molar-refractivity contribution is 7.13. The highest BCUT2D eigenvalue weighted by atomic mass is 32.1. The Balaban J connectivity index is 2.33. The average Bonchev–Trinajstić information content (AvgIpc) is 3.00. The van der Waals surface area contributed by atoms with E-state index in [0.717, 1.165) is 29.5 Å². The third-order valence-corrected chi connectivity index (χ3v) is 3.05. The van der Waals surface area contributed by atoms with Crippen LogP contribution in [-0.4, -0.2) is 26.3 Å². The highest BCUT2D eigenvalue weighted by Crippen LogP contribution is 2.37. The number of carbonyl (C=O) groups is 1. The molecule has 2 rings (SSSR count). The molecule has 1 heterocycles. The molecule has 1 amide bonds. The van der Waals surface area contributed by atoms with E-state index in [1.165, 1.54) is 5.51 Å². The molecule has 110 valence electrons. The van der Waals surface area contributed by atoms with Gasteiger partial charge in [-0.05, 0) is 28.9 Å². The van der Waals surface area contributed by atoms with E-state index in [-0.39, 0.29) is 16.3 Å². The fraction of sp³-hybridized carbons (Fsp3) is 0. The minimum atomic E-state index is -0.729. The number of hydrogen-bond donors (Lipinski definition) is 3. The van der Waals surface area contributed by atoms with Gasteiger partial charge < -0.3 is 10.2 Å². The van der Waals surface area contributed by atoms with Gasteiger partial charge in [-0.3, -0.25) is 10.1 Å². The van der Waals surface area contributed by atoms with Crippen molar-refractivity contribution in [3.8, 4) is 17.6 Å². The lowest BCUT2D eigenvalue weighted by Crippen LogP contribution is -2.13. The van der Waals surface area contributed by atoms with E-state index in [2.05, 4.69) is 20.7 Å². The number of phenols is 2. The minimum absolute atomic E-state index is 0.147. The van der Waals surface area contributed by atoms with Crippen molar-refractivity contribution >= 4 is 34.1 Å². The molecule has 0 saturated carbocycles. The van der Waals surface area contributed by atoms with Gasteiger partial charge in [0.2, 0.25) is 5.13 Å². The number of aromatic nitrogens is 2. The van der Waals surface area contributed by atoms with E-state index in [4.69, 9.17) is 5.26 Å². The number of hydrogen-bond acceptors (Lipinski definition) is 9. The fourth-order valence-electron chi connectivity index (χ4n) is 1.49. The summed E-state index contributed by atoms with van der Waals surface area (Å²) >= 11 is 1.08. The maximum absolute atomic E-state index is 11.9. The SMILES string of the molecule is N#C/C(=C\c1cc(O)c(O)c(N=O)c1)C(=O)Nc1nncs1. The van der Waals surface area contributed by atoms with Crippen molar-refractivity contribution in [2.45, 2.75) is 0 Å². The molecule has 0 aliphatic heterocycles. The summed E-state index contributed by atoms with van der Waals surface area (Å²) in [6.07, 6.45) is 1.13. The Labute approximate surface area is 127 Å². The van der Waals surface area contributed by atoms with Crippen molar-refractivity contribution in [3.63, 3.8) is 0 Å². The van der Waals surface area contributed by atoms with Crippen LogP contribution in [0.1, 0.15) is 5.56 Å². The number of benzene rings is 1. The molecule has 22 heavy (non-hydrogen) atoms. The van der Waals surface area contributed by atoms with Gasteiger partial charge in [0.15, 0.2) is 17.2 Å².